The van der Waals surface area contributed by atoms with Crippen LogP contribution in [0, 0.1) is 13.8 Å². The lowest BCUT2D eigenvalue weighted by atomic mass is 10.1. The Balaban J connectivity index is 2.03. The number of hydrogen-bond acceptors (Lipinski definition) is 3. The first kappa shape index (κ1) is 16.8. The highest BCUT2D eigenvalue weighted by molar-refractivity contribution is 5.95. The molecule has 1 heterocycles. The molecular weight excluding hydrogens is 290 g/mol. The zero-order valence-electron chi connectivity index (χ0n) is 14.0. The third-order valence-corrected chi connectivity index (χ3v) is 3.97. The Labute approximate surface area is 136 Å². The maximum atomic E-state index is 12.3. The molecule has 122 valence electrons. The standard InChI is InChI=1S/C18H23N3O2/c1-12-10-13(2)20-18(23)16(12)17(22)19-11-14(3)21(4)15-8-6-5-7-9-15/h5-10,14H,11H2,1-4H3,(H,19,22)(H,20,23). The highest BCUT2D eigenvalue weighted by Gasteiger charge is 2.16. The zero-order valence-corrected chi connectivity index (χ0v) is 14.0. The number of anilines is 1. The minimum Gasteiger partial charge on any atom is -0.370 e. The summed E-state index contributed by atoms with van der Waals surface area (Å²) >= 11 is 0. The first-order valence-electron chi connectivity index (χ1n) is 7.66. The number of hydrogen-bond donors (Lipinski definition) is 2. The van der Waals surface area contributed by atoms with Gasteiger partial charge in [0.15, 0.2) is 0 Å². The van der Waals surface area contributed by atoms with E-state index >= 15 is 0 Å². The van der Waals surface area contributed by atoms with Gasteiger partial charge in [-0.15, -0.1) is 0 Å². The molecule has 5 heteroatoms. The fraction of sp³-hybridized carbons (Fsp3) is 0.333. The first-order chi connectivity index (χ1) is 10.9. The summed E-state index contributed by atoms with van der Waals surface area (Å²) in [5, 5.41) is 2.85. The molecule has 2 rings (SSSR count). The third-order valence-electron chi connectivity index (χ3n) is 3.97. The summed E-state index contributed by atoms with van der Waals surface area (Å²) < 4.78 is 0. The largest absolute Gasteiger partial charge is 0.370 e. The van der Waals surface area contributed by atoms with Crippen LogP contribution in [0.4, 0.5) is 5.69 Å². The van der Waals surface area contributed by atoms with E-state index < -0.39 is 0 Å². The molecule has 0 fully saturated rings. The summed E-state index contributed by atoms with van der Waals surface area (Å²) in [6.07, 6.45) is 0. The van der Waals surface area contributed by atoms with Gasteiger partial charge in [-0.2, -0.15) is 0 Å². The number of aromatic nitrogens is 1. The average Bonchev–Trinajstić information content (AvgIpc) is 2.51. The fourth-order valence-electron chi connectivity index (χ4n) is 2.52. The normalized spacial score (nSPS) is 11.8. The summed E-state index contributed by atoms with van der Waals surface area (Å²) in [7, 11) is 1.98. The minimum atomic E-state index is -0.343. The van der Waals surface area contributed by atoms with E-state index in [1.165, 1.54) is 0 Å². The number of H-pyrrole nitrogens is 1. The number of pyridine rings is 1. The number of amides is 1. The second-order valence-electron chi connectivity index (χ2n) is 5.84. The highest BCUT2D eigenvalue weighted by Crippen LogP contribution is 2.13. The molecule has 23 heavy (non-hydrogen) atoms. The lowest BCUT2D eigenvalue weighted by molar-refractivity contribution is 0.0949. The number of aryl methyl sites for hydroxylation is 2. The van der Waals surface area contributed by atoms with Gasteiger partial charge in [0.1, 0.15) is 5.56 Å². The molecule has 1 unspecified atom stereocenters. The number of para-hydroxylation sites is 1. The van der Waals surface area contributed by atoms with Crippen LogP contribution in [0.15, 0.2) is 41.2 Å². The van der Waals surface area contributed by atoms with Crippen molar-refractivity contribution in [2.75, 3.05) is 18.5 Å². The van der Waals surface area contributed by atoms with Crippen LogP contribution in [0.3, 0.4) is 0 Å². The van der Waals surface area contributed by atoms with Crippen LogP contribution in [0.1, 0.15) is 28.5 Å². The second kappa shape index (κ2) is 7.13. The maximum Gasteiger partial charge on any atom is 0.261 e. The van der Waals surface area contributed by atoms with Crippen molar-refractivity contribution in [2.24, 2.45) is 0 Å². The Bertz CT molecular complexity index is 738. The summed E-state index contributed by atoms with van der Waals surface area (Å²) in [6, 6.07) is 11.9. The van der Waals surface area contributed by atoms with E-state index in [4.69, 9.17) is 0 Å². The van der Waals surface area contributed by atoms with E-state index in [2.05, 4.69) is 15.2 Å². The summed E-state index contributed by atoms with van der Waals surface area (Å²) in [5.74, 6) is -0.336. The Kier molecular flexibility index (Phi) is 5.21. The molecular formula is C18H23N3O2. The molecule has 0 saturated carbocycles. The van der Waals surface area contributed by atoms with E-state index in [1.54, 1.807) is 19.9 Å². The van der Waals surface area contributed by atoms with Gasteiger partial charge in [0.25, 0.3) is 11.5 Å². The van der Waals surface area contributed by atoms with Crippen molar-refractivity contribution in [3.63, 3.8) is 0 Å². The lowest BCUT2D eigenvalue weighted by Crippen LogP contribution is -2.41. The number of likely N-dealkylation sites (N-methyl/N-ethyl adjacent to an activating group) is 1. The maximum absolute atomic E-state index is 12.3. The van der Waals surface area contributed by atoms with E-state index in [0.717, 1.165) is 11.4 Å². The Morgan fingerprint density at radius 3 is 2.52 bits per heavy atom. The molecule has 2 N–H and O–H groups in total. The Morgan fingerprint density at radius 1 is 1.26 bits per heavy atom. The van der Waals surface area contributed by atoms with E-state index in [-0.39, 0.29) is 23.1 Å². The van der Waals surface area contributed by atoms with Crippen LogP contribution in [0.5, 0.6) is 0 Å². The molecule has 0 aliphatic heterocycles. The van der Waals surface area contributed by atoms with E-state index in [1.807, 2.05) is 44.3 Å². The molecule has 1 atom stereocenters. The minimum absolute atomic E-state index is 0.103. The van der Waals surface area contributed by atoms with Crippen molar-refractivity contribution in [2.45, 2.75) is 26.8 Å². The van der Waals surface area contributed by atoms with Crippen LogP contribution in [-0.4, -0.2) is 30.5 Å². The van der Waals surface area contributed by atoms with Gasteiger partial charge < -0.3 is 15.2 Å². The molecule has 2 aromatic rings. The monoisotopic (exact) mass is 313 g/mol. The van der Waals surface area contributed by atoms with Crippen LogP contribution in [-0.2, 0) is 0 Å². The molecule has 0 aliphatic rings. The van der Waals surface area contributed by atoms with Crippen LogP contribution in [0.2, 0.25) is 0 Å². The predicted octanol–water partition coefficient (Wildman–Crippen LogP) is 2.25. The topological polar surface area (TPSA) is 65.2 Å². The van der Waals surface area contributed by atoms with Gasteiger partial charge >= 0.3 is 0 Å². The van der Waals surface area contributed by atoms with Gasteiger partial charge in [0.2, 0.25) is 0 Å². The van der Waals surface area contributed by atoms with Gasteiger partial charge in [0, 0.05) is 31.0 Å². The Morgan fingerprint density at radius 2 is 1.91 bits per heavy atom. The molecule has 0 radical (unpaired) electrons. The van der Waals surface area contributed by atoms with Crippen LogP contribution < -0.4 is 15.8 Å². The number of carbonyl (C=O) groups excluding carboxylic acids is 1. The summed E-state index contributed by atoms with van der Waals surface area (Å²) in [4.78, 5) is 29.0. The molecule has 0 saturated heterocycles. The third kappa shape index (κ3) is 4.00. The van der Waals surface area contributed by atoms with Crippen molar-refractivity contribution in [3.05, 3.63) is 63.6 Å². The first-order valence-corrected chi connectivity index (χ1v) is 7.66. The zero-order chi connectivity index (χ0) is 17.0. The Hall–Kier alpha value is -2.56. The molecule has 0 spiro atoms. The SMILES string of the molecule is Cc1cc(C)c(C(=O)NCC(C)N(C)c2ccccc2)c(=O)[nH]1. The van der Waals surface area contributed by atoms with Gasteiger partial charge in [-0.25, -0.2) is 0 Å². The number of aromatic amines is 1. The number of carbonyl (C=O) groups is 1. The summed E-state index contributed by atoms with van der Waals surface area (Å²) in [5.41, 5.74) is 2.36. The van der Waals surface area contributed by atoms with Crippen LogP contribution in [0.25, 0.3) is 0 Å². The van der Waals surface area contributed by atoms with Crippen molar-refractivity contribution in [1.29, 1.82) is 0 Å². The molecule has 0 bridgehead atoms. The number of nitrogens with zero attached hydrogens (tertiary/aromatic N) is 1. The molecule has 0 aliphatic carbocycles. The molecule has 1 aromatic carbocycles. The quantitative estimate of drug-likeness (QED) is 0.890. The molecule has 5 nitrogen and oxygen atoms in total. The van der Waals surface area contributed by atoms with Crippen molar-refractivity contribution in [1.82, 2.24) is 10.3 Å². The average molecular weight is 313 g/mol. The van der Waals surface area contributed by atoms with Crippen molar-refractivity contribution >= 4 is 11.6 Å². The second-order valence-corrected chi connectivity index (χ2v) is 5.84. The summed E-state index contributed by atoms with van der Waals surface area (Å²) in [6.45, 7) is 6.06. The smallest absolute Gasteiger partial charge is 0.261 e. The van der Waals surface area contributed by atoms with E-state index in [9.17, 15) is 9.59 Å². The number of benzene rings is 1. The van der Waals surface area contributed by atoms with Crippen molar-refractivity contribution in [3.8, 4) is 0 Å². The molecule has 1 amide bonds. The van der Waals surface area contributed by atoms with Crippen LogP contribution >= 0.6 is 0 Å². The van der Waals surface area contributed by atoms with E-state index in [0.29, 0.717) is 12.1 Å². The van der Waals surface area contributed by atoms with Gasteiger partial charge in [0.05, 0.1) is 0 Å². The number of nitrogens with one attached hydrogen (secondary N) is 2. The van der Waals surface area contributed by atoms with Gasteiger partial charge in [-0.3, -0.25) is 9.59 Å². The number of rotatable bonds is 5. The fourth-order valence-corrected chi connectivity index (χ4v) is 2.52. The van der Waals surface area contributed by atoms with Gasteiger partial charge in [-0.05, 0) is 44.5 Å². The highest BCUT2D eigenvalue weighted by atomic mass is 16.2. The van der Waals surface area contributed by atoms with Gasteiger partial charge in [-0.1, -0.05) is 18.2 Å². The predicted molar refractivity (Wildman–Crippen MR) is 93.2 cm³/mol. The molecule has 1 aromatic heterocycles. The lowest BCUT2D eigenvalue weighted by Gasteiger charge is -2.27. The van der Waals surface area contributed by atoms with Crippen molar-refractivity contribution < 1.29 is 4.79 Å².